The number of benzene rings is 1. The molecule has 106 valence electrons. The fourth-order valence-electron chi connectivity index (χ4n) is 1.68. The number of hydrogen-bond acceptors (Lipinski definition) is 6. The van der Waals surface area contributed by atoms with Crippen LogP contribution in [0.15, 0.2) is 33.4 Å². The molecule has 0 radical (unpaired) electrons. The maximum absolute atomic E-state index is 12.0. The van der Waals surface area contributed by atoms with Crippen LogP contribution in [0.3, 0.4) is 0 Å². The van der Waals surface area contributed by atoms with Gasteiger partial charge in [0.1, 0.15) is 0 Å². The van der Waals surface area contributed by atoms with E-state index in [0.29, 0.717) is 20.9 Å². The zero-order valence-corrected chi connectivity index (χ0v) is 13.4. The van der Waals surface area contributed by atoms with Crippen molar-refractivity contribution in [3.63, 3.8) is 0 Å². The number of rotatable bonds is 3. The van der Waals surface area contributed by atoms with Gasteiger partial charge < -0.3 is 0 Å². The molecule has 0 unspecified atom stereocenters. The zero-order valence-electron chi connectivity index (χ0n) is 10.2. The van der Waals surface area contributed by atoms with Crippen molar-refractivity contribution in [3.05, 3.63) is 49.1 Å². The normalized spacial score (nSPS) is 10.7. The Balaban J connectivity index is 1.87. The van der Waals surface area contributed by atoms with Gasteiger partial charge in [-0.15, -0.1) is 11.3 Å². The number of amides is 1. The summed E-state index contributed by atoms with van der Waals surface area (Å²) in [5.74, 6) is -0.259. The van der Waals surface area contributed by atoms with Crippen molar-refractivity contribution < 1.29 is 9.72 Å². The number of halogens is 1. The molecule has 2 heterocycles. The second-order valence-electron chi connectivity index (χ2n) is 4.02. The van der Waals surface area contributed by atoms with E-state index in [1.165, 1.54) is 34.8 Å². The van der Waals surface area contributed by atoms with E-state index in [9.17, 15) is 14.9 Å². The lowest BCUT2D eigenvalue weighted by Crippen LogP contribution is -2.10. The lowest BCUT2D eigenvalue weighted by molar-refractivity contribution is -0.384. The van der Waals surface area contributed by atoms with E-state index >= 15 is 0 Å². The molecule has 1 N–H and O–H groups in total. The molecule has 0 aliphatic heterocycles. The topological polar surface area (TPSA) is 85.1 Å². The number of nitro groups is 1. The Bertz CT molecular complexity index is 858. The number of hydrogen-bond donors (Lipinski definition) is 1. The fraction of sp³-hybridized carbons (Fsp3) is 0. The Kier molecular flexibility index (Phi) is 3.70. The third kappa shape index (κ3) is 2.94. The fourth-order valence-corrected chi connectivity index (χ4v) is 3.71. The van der Waals surface area contributed by atoms with Crippen molar-refractivity contribution in [3.8, 4) is 0 Å². The van der Waals surface area contributed by atoms with E-state index in [4.69, 9.17) is 0 Å². The second kappa shape index (κ2) is 5.51. The summed E-state index contributed by atoms with van der Waals surface area (Å²) in [6, 6.07) is 6.13. The number of carbonyl (C=O) groups excluding carboxylic acids is 1. The first-order valence-corrected chi connectivity index (χ1v) is 8.12. The summed E-state index contributed by atoms with van der Waals surface area (Å²) in [5, 5.41) is 15.6. The van der Waals surface area contributed by atoms with Crippen molar-refractivity contribution >= 4 is 65.5 Å². The quantitative estimate of drug-likeness (QED) is 0.540. The van der Waals surface area contributed by atoms with Gasteiger partial charge in [0.2, 0.25) is 0 Å². The van der Waals surface area contributed by atoms with Gasteiger partial charge in [-0.2, -0.15) is 0 Å². The Morgan fingerprint density at radius 1 is 1.38 bits per heavy atom. The molecule has 1 aromatic carbocycles. The largest absolute Gasteiger partial charge is 0.298 e. The van der Waals surface area contributed by atoms with Gasteiger partial charge in [-0.3, -0.25) is 20.2 Å². The summed E-state index contributed by atoms with van der Waals surface area (Å²) in [6.07, 6.45) is 0. The van der Waals surface area contributed by atoms with Crippen LogP contribution in [0.25, 0.3) is 10.2 Å². The Hall–Kier alpha value is -1.84. The number of thiophene rings is 1. The number of fused-ring (bicyclic) bond motifs is 1. The maximum atomic E-state index is 12.0. The van der Waals surface area contributed by atoms with E-state index < -0.39 is 4.92 Å². The van der Waals surface area contributed by atoms with Gasteiger partial charge in [0, 0.05) is 17.5 Å². The highest BCUT2D eigenvalue weighted by atomic mass is 79.9. The van der Waals surface area contributed by atoms with E-state index in [2.05, 4.69) is 26.2 Å². The molecule has 0 fully saturated rings. The molecule has 1 amide bonds. The molecule has 21 heavy (non-hydrogen) atoms. The first kappa shape index (κ1) is 14.1. The van der Waals surface area contributed by atoms with Crippen molar-refractivity contribution in [1.82, 2.24) is 4.98 Å². The average molecular weight is 384 g/mol. The van der Waals surface area contributed by atoms with Gasteiger partial charge in [0.25, 0.3) is 11.6 Å². The molecule has 0 aliphatic carbocycles. The molecule has 3 rings (SSSR count). The van der Waals surface area contributed by atoms with E-state index in [0.717, 1.165) is 3.79 Å². The molecule has 2 aromatic heterocycles. The van der Waals surface area contributed by atoms with Gasteiger partial charge >= 0.3 is 0 Å². The molecule has 6 nitrogen and oxygen atoms in total. The van der Waals surface area contributed by atoms with Crippen LogP contribution in [-0.4, -0.2) is 15.8 Å². The third-order valence-corrected chi connectivity index (χ3v) is 5.07. The summed E-state index contributed by atoms with van der Waals surface area (Å²) >= 11 is 5.92. The number of carbonyl (C=O) groups is 1. The molecule has 0 saturated carbocycles. The van der Waals surface area contributed by atoms with Crippen LogP contribution in [0.4, 0.5) is 10.8 Å². The third-order valence-electron chi connectivity index (χ3n) is 2.63. The van der Waals surface area contributed by atoms with E-state index in [1.54, 1.807) is 17.5 Å². The number of non-ortho nitro benzene ring substituents is 1. The SMILES string of the molecule is O=C(Nc1nc2ccc([N+](=O)[O-])cc2s1)c1csc(Br)c1. The van der Waals surface area contributed by atoms with Gasteiger partial charge in [0.05, 0.1) is 24.5 Å². The molecule has 0 aliphatic rings. The second-order valence-corrected chi connectivity index (χ2v) is 7.34. The Morgan fingerprint density at radius 3 is 2.86 bits per heavy atom. The van der Waals surface area contributed by atoms with Crippen LogP contribution >= 0.6 is 38.6 Å². The molecule has 9 heteroatoms. The summed E-state index contributed by atoms with van der Waals surface area (Å²) in [6.45, 7) is 0. The van der Waals surface area contributed by atoms with Crippen LogP contribution in [0.2, 0.25) is 0 Å². The van der Waals surface area contributed by atoms with E-state index in [-0.39, 0.29) is 11.6 Å². The summed E-state index contributed by atoms with van der Waals surface area (Å²) in [7, 11) is 0. The van der Waals surface area contributed by atoms with Crippen molar-refractivity contribution in [2.75, 3.05) is 5.32 Å². The highest BCUT2D eigenvalue weighted by Gasteiger charge is 2.13. The van der Waals surface area contributed by atoms with Gasteiger partial charge in [-0.1, -0.05) is 11.3 Å². The highest BCUT2D eigenvalue weighted by Crippen LogP contribution is 2.29. The first-order chi connectivity index (χ1) is 10.0. The van der Waals surface area contributed by atoms with Crippen molar-refractivity contribution in [2.24, 2.45) is 0 Å². The van der Waals surface area contributed by atoms with E-state index in [1.807, 2.05) is 0 Å². The van der Waals surface area contributed by atoms with Crippen LogP contribution in [0.1, 0.15) is 10.4 Å². The first-order valence-electron chi connectivity index (χ1n) is 5.63. The van der Waals surface area contributed by atoms with Crippen LogP contribution in [0, 0.1) is 10.1 Å². The number of nitrogens with zero attached hydrogens (tertiary/aromatic N) is 2. The lowest BCUT2D eigenvalue weighted by Gasteiger charge is -1.97. The van der Waals surface area contributed by atoms with Gasteiger partial charge in [-0.25, -0.2) is 4.98 Å². The van der Waals surface area contributed by atoms with Crippen LogP contribution in [-0.2, 0) is 0 Å². The number of aromatic nitrogens is 1. The van der Waals surface area contributed by atoms with Crippen LogP contribution < -0.4 is 5.32 Å². The number of nitro benzene ring substituents is 1. The van der Waals surface area contributed by atoms with Crippen molar-refractivity contribution in [1.29, 1.82) is 0 Å². The molecule has 0 spiro atoms. The molecular weight excluding hydrogens is 378 g/mol. The summed E-state index contributed by atoms with van der Waals surface area (Å²) in [4.78, 5) is 26.5. The molecule has 0 saturated heterocycles. The minimum atomic E-state index is -0.458. The van der Waals surface area contributed by atoms with Crippen LogP contribution in [0.5, 0.6) is 0 Å². The summed E-state index contributed by atoms with van der Waals surface area (Å²) < 4.78 is 1.53. The maximum Gasteiger partial charge on any atom is 0.270 e. The number of thiazole rings is 1. The number of anilines is 1. The molecule has 0 bridgehead atoms. The highest BCUT2D eigenvalue weighted by molar-refractivity contribution is 9.11. The predicted molar refractivity (Wildman–Crippen MR) is 86.2 cm³/mol. The minimum Gasteiger partial charge on any atom is -0.298 e. The Morgan fingerprint density at radius 2 is 2.19 bits per heavy atom. The van der Waals surface area contributed by atoms with Gasteiger partial charge in [0.15, 0.2) is 5.13 Å². The number of nitrogens with one attached hydrogen (secondary N) is 1. The Labute approximate surface area is 134 Å². The minimum absolute atomic E-state index is 0.00536. The van der Waals surface area contributed by atoms with Crippen molar-refractivity contribution in [2.45, 2.75) is 0 Å². The molecule has 0 atom stereocenters. The zero-order chi connectivity index (χ0) is 15.0. The summed E-state index contributed by atoms with van der Waals surface area (Å²) in [5.41, 5.74) is 1.16. The molecular formula is C12H6BrN3O3S2. The average Bonchev–Trinajstić information content (AvgIpc) is 3.03. The lowest BCUT2D eigenvalue weighted by atomic mass is 10.3. The van der Waals surface area contributed by atoms with Gasteiger partial charge in [-0.05, 0) is 28.1 Å². The smallest absolute Gasteiger partial charge is 0.270 e. The predicted octanol–water partition coefficient (Wildman–Crippen LogP) is 4.28. The standard InChI is InChI=1S/C12H6BrN3O3S2/c13-10-3-6(5-20-10)11(17)15-12-14-8-2-1-7(16(18)19)4-9(8)21-12/h1-5H,(H,14,15,17). The monoisotopic (exact) mass is 383 g/mol. The molecule has 3 aromatic rings.